The Kier molecular flexibility index (Phi) is 6.21. The van der Waals surface area contributed by atoms with Gasteiger partial charge in [0.05, 0.1) is 22.9 Å². The average molecular weight is 469 g/mol. The number of hydrogen-bond donors (Lipinski definition) is 1. The number of imidazole rings is 1. The summed E-state index contributed by atoms with van der Waals surface area (Å²) in [5, 5.41) is 1.09. The standard InChI is InChI=1S/C23H24N4O3S2/c1-6-30-22(29)18-14(4)17-20(28)25-19(26-21(17)32-18)15(5)31-23-24-10-11-27(23)16-9-7-8-12(2)13(16)3/h7-11,15H,6H2,1-5H3,(H,25,26,28). The molecule has 0 saturated carbocycles. The molecule has 1 aromatic carbocycles. The fourth-order valence-corrected chi connectivity index (χ4v) is 5.53. The number of thiophene rings is 1. The molecule has 0 aliphatic carbocycles. The number of carbonyl (C=O) groups is 1. The number of carbonyl (C=O) groups excluding carboxylic acids is 1. The van der Waals surface area contributed by atoms with Gasteiger partial charge in [-0.25, -0.2) is 14.8 Å². The molecular formula is C23H24N4O3S2. The molecule has 0 saturated heterocycles. The maximum atomic E-state index is 12.8. The van der Waals surface area contributed by atoms with Crippen LogP contribution in [0.15, 0.2) is 40.5 Å². The fraction of sp³-hybridized carbons (Fsp3) is 0.304. The number of benzene rings is 1. The van der Waals surface area contributed by atoms with Crippen LogP contribution in [0.25, 0.3) is 15.9 Å². The van der Waals surface area contributed by atoms with Gasteiger partial charge in [-0.1, -0.05) is 23.9 Å². The van der Waals surface area contributed by atoms with Crippen molar-refractivity contribution in [3.8, 4) is 5.69 Å². The van der Waals surface area contributed by atoms with Crippen LogP contribution in [0.2, 0.25) is 0 Å². The molecule has 7 nitrogen and oxygen atoms in total. The van der Waals surface area contributed by atoms with E-state index in [9.17, 15) is 9.59 Å². The molecule has 0 amide bonds. The predicted octanol–water partition coefficient (Wildman–Crippen LogP) is 5.13. The molecule has 1 N–H and O–H groups in total. The lowest BCUT2D eigenvalue weighted by molar-refractivity contribution is 0.0531. The topological polar surface area (TPSA) is 89.9 Å². The fourth-order valence-electron chi connectivity index (χ4n) is 3.52. The van der Waals surface area contributed by atoms with Gasteiger partial charge in [0, 0.05) is 12.4 Å². The Balaban J connectivity index is 1.68. The number of fused-ring (bicyclic) bond motifs is 1. The summed E-state index contributed by atoms with van der Waals surface area (Å²) < 4.78 is 7.17. The van der Waals surface area contributed by atoms with Gasteiger partial charge in [-0.2, -0.15) is 0 Å². The summed E-state index contributed by atoms with van der Waals surface area (Å²) in [6.45, 7) is 9.94. The summed E-state index contributed by atoms with van der Waals surface area (Å²) in [4.78, 5) is 38.1. The van der Waals surface area contributed by atoms with Gasteiger partial charge >= 0.3 is 5.97 Å². The Morgan fingerprint density at radius 3 is 2.81 bits per heavy atom. The van der Waals surface area contributed by atoms with Crippen molar-refractivity contribution in [1.82, 2.24) is 19.5 Å². The minimum absolute atomic E-state index is 0.160. The Bertz CT molecular complexity index is 1370. The number of thioether (sulfide) groups is 1. The van der Waals surface area contributed by atoms with E-state index in [1.54, 1.807) is 20.0 Å². The molecule has 166 valence electrons. The van der Waals surface area contributed by atoms with Gasteiger partial charge in [-0.05, 0) is 57.4 Å². The lowest BCUT2D eigenvalue weighted by Gasteiger charge is -2.14. The smallest absolute Gasteiger partial charge is 0.348 e. The second-order valence-corrected chi connectivity index (χ2v) is 9.77. The van der Waals surface area contributed by atoms with Gasteiger partial charge < -0.3 is 9.72 Å². The number of aromatic nitrogens is 4. The third-order valence-electron chi connectivity index (χ3n) is 5.39. The number of H-pyrrole nitrogens is 1. The highest BCUT2D eigenvalue weighted by atomic mass is 32.2. The molecule has 0 bridgehead atoms. The molecule has 1 atom stereocenters. The van der Waals surface area contributed by atoms with Crippen LogP contribution in [0.5, 0.6) is 0 Å². The molecule has 0 aliphatic rings. The SMILES string of the molecule is CCOC(=O)c1sc2nc(C(C)Sc3nccn3-c3cccc(C)c3C)[nH]c(=O)c2c1C. The zero-order valence-electron chi connectivity index (χ0n) is 18.6. The zero-order chi connectivity index (χ0) is 23.0. The number of rotatable bonds is 6. The van der Waals surface area contributed by atoms with Crippen molar-refractivity contribution in [3.63, 3.8) is 0 Å². The van der Waals surface area contributed by atoms with E-state index in [0.29, 0.717) is 26.5 Å². The van der Waals surface area contributed by atoms with E-state index in [-0.39, 0.29) is 17.4 Å². The normalized spacial score (nSPS) is 12.3. The summed E-state index contributed by atoms with van der Waals surface area (Å²) in [7, 11) is 0. The molecule has 4 aromatic rings. The first-order chi connectivity index (χ1) is 15.3. The number of aromatic amines is 1. The maximum absolute atomic E-state index is 12.8. The highest BCUT2D eigenvalue weighted by molar-refractivity contribution is 7.99. The van der Waals surface area contributed by atoms with Crippen molar-refractivity contribution in [2.45, 2.75) is 45.0 Å². The molecule has 9 heteroatoms. The van der Waals surface area contributed by atoms with Gasteiger partial charge in [0.25, 0.3) is 5.56 Å². The summed E-state index contributed by atoms with van der Waals surface area (Å²) in [6.07, 6.45) is 3.70. The first-order valence-electron chi connectivity index (χ1n) is 10.3. The van der Waals surface area contributed by atoms with Crippen molar-refractivity contribution in [3.05, 3.63) is 68.3 Å². The van der Waals surface area contributed by atoms with Crippen LogP contribution in [0.3, 0.4) is 0 Å². The molecule has 4 rings (SSSR count). The number of esters is 1. The van der Waals surface area contributed by atoms with Crippen LogP contribution in [-0.4, -0.2) is 32.1 Å². The van der Waals surface area contributed by atoms with Crippen LogP contribution in [0.4, 0.5) is 0 Å². The number of hydrogen-bond acceptors (Lipinski definition) is 7. The van der Waals surface area contributed by atoms with Gasteiger partial charge in [-0.15, -0.1) is 11.3 Å². The largest absolute Gasteiger partial charge is 0.462 e. The lowest BCUT2D eigenvalue weighted by atomic mass is 10.1. The van der Waals surface area contributed by atoms with Gasteiger partial charge in [-0.3, -0.25) is 9.36 Å². The third-order valence-corrected chi connectivity index (χ3v) is 7.64. The lowest BCUT2D eigenvalue weighted by Crippen LogP contribution is -2.13. The van der Waals surface area contributed by atoms with Crippen molar-refractivity contribution in [2.24, 2.45) is 0 Å². The van der Waals surface area contributed by atoms with Crippen LogP contribution >= 0.6 is 23.1 Å². The molecule has 1 unspecified atom stereocenters. The maximum Gasteiger partial charge on any atom is 0.348 e. The molecular weight excluding hydrogens is 444 g/mol. The first-order valence-corrected chi connectivity index (χ1v) is 12.0. The Morgan fingerprint density at radius 2 is 2.06 bits per heavy atom. The van der Waals surface area contributed by atoms with E-state index < -0.39 is 5.97 Å². The molecule has 3 aromatic heterocycles. The third kappa shape index (κ3) is 3.98. The van der Waals surface area contributed by atoms with Crippen LogP contribution < -0.4 is 5.56 Å². The second kappa shape index (κ2) is 8.91. The van der Waals surface area contributed by atoms with Crippen LogP contribution in [0.1, 0.15) is 51.3 Å². The van der Waals surface area contributed by atoms with E-state index in [1.807, 2.05) is 23.8 Å². The number of nitrogens with zero attached hydrogens (tertiary/aromatic N) is 3. The van der Waals surface area contributed by atoms with E-state index in [4.69, 9.17) is 4.74 Å². The molecule has 0 fully saturated rings. The Morgan fingerprint density at radius 1 is 1.28 bits per heavy atom. The minimum atomic E-state index is -0.424. The van der Waals surface area contributed by atoms with Crippen LogP contribution in [0, 0.1) is 20.8 Å². The van der Waals surface area contributed by atoms with E-state index in [1.165, 1.54) is 34.2 Å². The monoisotopic (exact) mass is 468 g/mol. The average Bonchev–Trinajstić information content (AvgIpc) is 3.34. The number of ether oxygens (including phenoxy) is 1. The van der Waals surface area contributed by atoms with Crippen molar-refractivity contribution in [1.29, 1.82) is 0 Å². The first kappa shape index (κ1) is 22.3. The van der Waals surface area contributed by atoms with E-state index in [2.05, 4.69) is 40.9 Å². The number of aryl methyl sites for hydroxylation is 2. The molecule has 0 radical (unpaired) electrons. The molecule has 32 heavy (non-hydrogen) atoms. The van der Waals surface area contributed by atoms with Crippen LogP contribution in [-0.2, 0) is 4.74 Å². The van der Waals surface area contributed by atoms with Crippen molar-refractivity contribution in [2.75, 3.05) is 6.61 Å². The van der Waals surface area contributed by atoms with Gasteiger partial charge in [0.2, 0.25) is 0 Å². The summed E-state index contributed by atoms with van der Waals surface area (Å²) >= 11 is 2.71. The van der Waals surface area contributed by atoms with Crippen molar-refractivity contribution >= 4 is 39.3 Å². The molecule has 3 heterocycles. The minimum Gasteiger partial charge on any atom is -0.462 e. The highest BCUT2D eigenvalue weighted by Crippen LogP contribution is 2.35. The molecule has 0 spiro atoms. The van der Waals surface area contributed by atoms with Crippen molar-refractivity contribution < 1.29 is 9.53 Å². The van der Waals surface area contributed by atoms with E-state index in [0.717, 1.165) is 10.8 Å². The summed E-state index contributed by atoms with van der Waals surface area (Å²) in [6, 6.07) is 6.18. The quantitative estimate of drug-likeness (QED) is 0.312. The zero-order valence-corrected chi connectivity index (χ0v) is 20.2. The highest BCUT2D eigenvalue weighted by Gasteiger charge is 2.22. The molecule has 0 aliphatic heterocycles. The second-order valence-electron chi connectivity index (χ2n) is 7.47. The van der Waals surface area contributed by atoms with E-state index >= 15 is 0 Å². The van der Waals surface area contributed by atoms with Gasteiger partial charge in [0.15, 0.2) is 5.16 Å². The predicted molar refractivity (Wildman–Crippen MR) is 128 cm³/mol. The number of nitrogens with one attached hydrogen (secondary N) is 1. The Labute approximate surface area is 193 Å². The van der Waals surface area contributed by atoms with Gasteiger partial charge in [0.1, 0.15) is 15.5 Å². The summed E-state index contributed by atoms with van der Waals surface area (Å²) in [5.41, 5.74) is 3.83. The summed E-state index contributed by atoms with van der Waals surface area (Å²) in [5.74, 6) is 0.117. The Hall–Kier alpha value is -2.91.